The molecule has 0 amide bonds. The van der Waals surface area contributed by atoms with Crippen LogP contribution >= 0.6 is 0 Å². The van der Waals surface area contributed by atoms with Crippen LogP contribution in [0.5, 0.6) is 0 Å². The molecule has 4 aliphatic rings. The van der Waals surface area contributed by atoms with Crippen molar-refractivity contribution in [1.29, 1.82) is 0 Å². The average Bonchev–Trinajstić information content (AvgIpc) is 2.96. The van der Waals surface area contributed by atoms with Gasteiger partial charge in [0.25, 0.3) is 0 Å². The summed E-state index contributed by atoms with van der Waals surface area (Å²) in [6.07, 6.45) is 8.32. The van der Waals surface area contributed by atoms with Gasteiger partial charge in [0.1, 0.15) is 0 Å². The Morgan fingerprint density at radius 1 is 1.07 bits per heavy atom. The van der Waals surface area contributed by atoms with E-state index in [1.165, 1.54) is 12.5 Å². The molecular weight excluding hydrogens is 340 g/mol. The van der Waals surface area contributed by atoms with Crippen LogP contribution in [0.4, 0.5) is 0 Å². The van der Waals surface area contributed by atoms with Gasteiger partial charge in [-0.05, 0) is 80.6 Å². The van der Waals surface area contributed by atoms with Gasteiger partial charge in [-0.1, -0.05) is 19.4 Å². The second-order valence-corrected chi connectivity index (χ2v) is 9.82. The summed E-state index contributed by atoms with van der Waals surface area (Å²) in [5.74, 6) is 2.13. The minimum Gasteiger partial charge on any atom is -0.451 e. The molecule has 4 heteroatoms. The van der Waals surface area contributed by atoms with Crippen molar-refractivity contribution >= 4 is 17.5 Å². The molecular formula is C23H32O4. The van der Waals surface area contributed by atoms with Gasteiger partial charge >= 0.3 is 5.97 Å². The molecule has 0 bridgehead atoms. The molecule has 0 N–H and O–H groups in total. The van der Waals surface area contributed by atoms with Gasteiger partial charge < -0.3 is 4.74 Å². The van der Waals surface area contributed by atoms with Gasteiger partial charge in [0.05, 0.1) is 0 Å². The van der Waals surface area contributed by atoms with Gasteiger partial charge in [0.2, 0.25) is 0 Å². The number of carbonyl (C=O) groups is 3. The quantitative estimate of drug-likeness (QED) is 0.679. The van der Waals surface area contributed by atoms with Gasteiger partial charge in [-0.2, -0.15) is 0 Å². The van der Waals surface area contributed by atoms with Crippen LogP contribution in [0.25, 0.3) is 0 Å². The van der Waals surface area contributed by atoms with Crippen molar-refractivity contribution in [2.24, 2.45) is 35.0 Å². The lowest BCUT2D eigenvalue weighted by Crippen LogP contribution is -2.53. The lowest BCUT2D eigenvalue weighted by Gasteiger charge is -2.57. The SMILES string of the molecule is CC(=O)O[C@]1(C(C)=O)CC[C@@H]2C1CC[C@H]1[C@H]2C[C@H](C)C2=CC(=O)CC[C@@]21C. The van der Waals surface area contributed by atoms with E-state index in [1.807, 2.05) is 6.08 Å². The molecule has 0 aromatic rings. The Kier molecular flexibility index (Phi) is 4.40. The Morgan fingerprint density at radius 3 is 2.44 bits per heavy atom. The van der Waals surface area contributed by atoms with Crippen LogP contribution < -0.4 is 0 Å². The smallest absolute Gasteiger partial charge is 0.303 e. The van der Waals surface area contributed by atoms with Crippen molar-refractivity contribution in [1.82, 2.24) is 0 Å². The third kappa shape index (κ3) is 2.66. The zero-order valence-electron chi connectivity index (χ0n) is 17.0. The van der Waals surface area contributed by atoms with Crippen LogP contribution in [0.15, 0.2) is 11.6 Å². The zero-order valence-corrected chi connectivity index (χ0v) is 17.0. The van der Waals surface area contributed by atoms with E-state index in [1.54, 1.807) is 6.92 Å². The number of hydrogen-bond acceptors (Lipinski definition) is 4. The predicted molar refractivity (Wildman–Crippen MR) is 102 cm³/mol. The van der Waals surface area contributed by atoms with Crippen molar-refractivity contribution in [3.05, 3.63) is 11.6 Å². The molecule has 0 aromatic heterocycles. The lowest BCUT2D eigenvalue weighted by atomic mass is 9.47. The molecule has 4 aliphatic carbocycles. The van der Waals surface area contributed by atoms with Crippen LogP contribution in [0.1, 0.15) is 72.6 Å². The summed E-state index contributed by atoms with van der Waals surface area (Å²) >= 11 is 0. The maximum Gasteiger partial charge on any atom is 0.303 e. The molecule has 4 rings (SSSR count). The van der Waals surface area contributed by atoms with Crippen LogP contribution in [0.3, 0.4) is 0 Å². The molecule has 27 heavy (non-hydrogen) atoms. The summed E-state index contributed by atoms with van der Waals surface area (Å²) in [4.78, 5) is 36.4. The Balaban J connectivity index is 1.68. The summed E-state index contributed by atoms with van der Waals surface area (Å²) in [5, 5.41) is 0. The molecule has 3 saturated carbocycles. The molecule has 148 valence electrons. The molecule has 0 aromatic carbocycles. The third-order valence-corrected chi connectivity index (χ3v) is 8.58. The van der Waals surface area contributed by atoms with Crippen LogP contribution in [-0.4, -0.2) is 23.1 Å². The fourth-order valence-electron chi connectivity index (χ4n) is 7.54. The number of fused-ring (bicyclic) bond motifs is 5. The summed E-state index contributed by atoms with van der Waals surface area (Å²) in [6, 6.07) is 0. The van der Waals surface area contributed by atoms with Gasteiger partial charge in [-0.15, -0.1) is 0 Å². The largest absolute Gasteiger partial charge is 0.451 e. The molecule has 3 fully saturated rings. The minimum atomic E-state index is -0.899. The standard InChI is InChI=1S/C23H32O4/c1-13-11-18-17-8-10-23(14(2)24,27-15(3)25)20(17)6-5-19(18)22(4)9-7-16(26)12-21(13)22/h12-13,17-20H,5-11H2,1-4H3/t13-,17-,18-,19-,20?,22+,23-/m0/s1. The van der Waals surface area contributed by atoms with Crippen LogP contribution in [0.2, 0.25) is 0 Å². The van der Waals surface area contributed by atoms with Crippen molar-refractivity contribution in [3.8, 4) is 0 Å². The Labute approximate surface area is 162 Å². The Hall–Kier alpha value is -1.45. The number of ether oxygens (including phenoxy) is 1. The third-order valence-electron chi connectivity index (χ3n) is 8.58. The Bertz CT molecular complexity index is 722. The van der Waals surface area contributed by atoms with E-state index < -0.39 is 5.60 Å². The first-order valence-corrected chi connectivity index (χ1v) is 10.6. The molecule has 0 heterocycles. The maximum atomic E-state index is 12.6. The van der Waals surface area contributed by atoms with E-state index in [9.17, 15) is 14.4 Å². The molecule has 0 spiro atoms. The van der Waals surface area contributed by atoms with Gasteiger partial charge in [0, 0.05) is 19.3 Å². The minimum absolute atomic E-state index is 0.0163. The van der Waals surface area contributed by atoms with E-state index in [0.717, 1.165) is 32.1 Å². The zero-order chi connectivity index (χ0) is 19.6. The molecule has 4 nitrogen and oxygen atoms in total. The number of ketones is 2. The maximum absolute atomic E-state index is 12.6. The highest BCUT2D eigenvalue weighted by Gasteiger charge is 2.62. The topological polar surface area (TPSA) is 60.4 Å². The van der Waals surface area contributed by atoms with Crippen molar-refractivity contribution in [2.75, 3.05) is 0 Å². The van der Waals surface area contributed by atoms with E-state index >= 15 is 0 Å². The number of allylic oxidation sites excluding steroid dienone is 1. The summed E-state index contributed by atoms with van der Waals surface area (Å²) in [7, 11) is 0. The number of rotatable bonds is 2. The van der Waals surface area contributed by atoms with Crippen LogP contribution in [0, 0.1) is 35.0 Å². The highest BCUT2D eigenvalue weighted by molar-refractivity contribution is 5.92. The van der Waals surface area contributed by atoms with E-state index in [-0.39, 0.29) is 28.9 Å². The number of hydrogen-bond donors (Lipinski definition) is 0. The summed E-state index contributed by atoms with van der Waals surface area (Å²) in [5.41, 5.74) is 0.586. The van der Waals surface area contributed by atoms with Crippen molar-refractivity contribution in [3.63, 3.8) is 0 Å². The summed E-state index contributed by atoms with van der Waals surface area (Å²) in [6.45, 7) is 7.65. The second-order valence-electron chi connectivity index (χ2n) is 9.82. The average molecular weight is 373 g/mol. The first-order chi connectivity index (χ1) is 12.7. The fraction of sp³-hybridized carbons (Fsp3) is 0.783. The molecule has 7 atom stereocenters. The predicted octanol–water partition coefficient (Wildman–Crippen LogP) is 4.27. The van der Waals surface area contributed by atoms with Crippen molar-refractivity contribution in [2.45, 2.75) is 78.2 Å². The van der Waals surface area contributed by atoms with Gasteiger partial charge in [-0.25, -0.2) is 0 Å². The normalized spacial score (nSPS) is 46.0. The monoisotopic (exact) mass is 372 g/mol. The molecule has 0 saturated heterocycles. The van der Waals surface area contributed by atoms with Gasteiger partial charge in [-0.3, -0.25) is 14.4 Å². The number of Topliss-reactive ketones (excluding diaryl/α,β-unsaturated/α-hetero) is 1. The van der Waals surface area contributed by atoms with Crippen LogP contribution in [-0.2, 0) is 19.1 Å². The Morgan fingerprint density at radius 2 is 1.78 bits per heavy atom. The van der Waals surface area contributed by atoms with E-state index in [2.05, 4.69) is 13.8 Å². The highest BCUT2D eigenvalue weighted by atomic mass is 16.6. The highest BCUT2D eigenvalue weighted by Crippen LogP contribution is 2.64. The molecule has 0 aliphatic heterocycles. The lowest BCUT2D eigenvalue weighted by molar-refractivity contribution is -0.173. The number of carbonyl (C=O) groups excluding carboxylic acids is 3. The number of esters is 1. The molecule has 1 unspecified atom stereocenters. The van der Waals surface area contributed by atoms with Gasteiger partial charge in [0.15, 0.2) is 17.2 Å². The fourth-order valence-corrected chi connectivity index (χ4v) is 7.54. The first-order valence-electron chi connectivity index (χ1n) is 10.6. The second kappa shape index (κ2) is 6.28. The molecule has 0 radical (unpaired) electrons. The summed E-state index contributed by atoms with van der Waals surface area (Å²) < 4.78 is 5.74. The van der Waals surface area contributed by atoms with E-state index in [4.69, 9.17) is 4.74 Å². The van der Waals surface area contributed by atoms with Crippen molar-refractivity contribution < 1.29 is 19.1 Å². The first kappa shape index (κ1) is 18.9. The van der Waals surface area contributed by atoms with E-state index in [0.29, 0.717) is 36.5 Å².